The van der Waals surface area contributed by atoms with Crippen molar-refractivity contribution in [3.63, 3.8) is 0 Å². The Morgan fingerprint density at radius 1 is 1.17 bits per heavy atom. The lowest BCUT2D eigenvalue weighted by Gasteiger charge is -2.34. The van der Waals surface area contributed by atoms with Gasteiger partial charge in [-0.25, -0.2) is 14.5 Å². The molecule has 1 aliphatic rings. The highest BCUT2D eigenvalue weighted by Gasteiger charge is 2.25. The van der Waals surface area contributed by atoms with Crippen LogP contribution in [0.4, 0.5) is 17.6 Å². The summed E-state index contributed by atoms with van der Waals surface area (Å²) in [7, 11) is 3.97. The molecule has 4 rings (SSSR count). The summed E-state index contributed by atoms with van der Waals surface area (Å²) in [5, 5.41) is 8.27. The van der Waals surface area contributed by atoms with Crippen molar-refractivity contribution in [2.75, 3.05) is 42.3 Å². The van der Waals surface area contributed by atoms with Crippen molar-refractivity contribution in [1.82, 2.24) is 24.6 Å². The zero-order valence-electron chi connectivity index (χ0n) is 17.9. The summed E-state index contributed by atoms with van der Waals surface area (Å²) < 4.78 is 1.95. The first-order chi connectivity index (χ1) is 13.8. The SMILES string of the molecule is CN(C)c1ccnc(NC2CCCN(c3nccn4nc(C(C)(C)C)cc34)C2)n1. The summed E-state index contributed by atoms with van der Waals surface area (Å²) in [6.45, 7) is 8.40. The molecular formula is C21H30N8. The Hall–Kier alpha value is -2.90. The molecule has 4 heterocycles. The monoisotopic (exact) mass is 394 g/mol. The molecule has 0 radical (unpaired) electrons. The van der Waals surface area contributed by atoms with Gasteiger partial charge in [-0.05, 0) is 25.0 Å². The quantitative estimate of drug-likeness (QED) is 0.729. The third-order valence-corrected chi connectivity index (χ3v) is 5.29. The van der Waals surface area contributed by atoms with Crippen molar-refractivity contribution in [2.24, 2.45) is 0 Å². The van der Waals surface area contributed by atoms with Gasteiger partial charge in [0, 0.05) is 57.2 Å². The molecule has 1 aliphatic heterocycles. The van der Waals surface area contributed by atoms with E-state index in [0.29, 0.717) is 5.95 Å². The van der Waals surface area contributed by atoms with Crippen molar-refractivity contribution < 1.29 is 0 Å². The van der Waals surface area contributed by atoms with Crippen LogP contribution in [0.5, 0.6) is 0 Å². The van der Waals surface area contributed by atoms with Gasteiger partial charge in [-0.3, -0.25) is 0 Å². The van der Waals surface area contributed by atoms with E-state index in [4.69, 9.17) is 10.1 Å². The molecule has 29 heavy (non-hydrogen) atoms. The standard InChI is InChI=1S/C21H30N8/c1-21(2,3)17-13-16-19(22-10-12-29(16)26-17)28-11-6-7-15(14-28)24-20-23-9-8-18(25-20)27(4)5/h8-10,12-13,15H,6-7,11,14H2,1-5H3,(H,23,24,25). The second-order valence-corrected chi connectivity index (χ2v) is 8.92. The van der Waals surface area contributed by atoms with Gasteiger partial charge < -0.3 is 15.1 Å². The second-order valence-electron chi connectivity index (χ2n) is 8.92. The number of fused-ring (bicyclic) bond motifs is 1. The third-order valence-electron chi connectivity index (χ3n) is 5.29. The highest BCUT2D eigenvalue weighted by Crippen LogP contribution is 2.28. The molecule has 0 aliphatic carbocycles. The van der Waals surface area contributed by atoms with E-state index >= 15 is 0 Å². The predicted molar refractivity (Wildman–Crippen MR) is 117 cm³/mol. The van der Waals surface area contributed by atoms with E-state index in [1.807, 2.05) is 42.0 Å². The second kappa shape index (κ2) is 7.50. The summed E-state index contributed by atoms with van der Waals surface area (Å²) in [5.74, 6) is 2.56. The van der Waals surface area contributed by atoms with E-state index in [1.165, 1.54) is 0 Å². The first-order valence-electron chi connectivity index (χ1n) is 10.2. The molecule has 3 aromatic rings. The summed E-state index contributed by atoms with van der Waals surface area (Å²) in [6.07, 6.45) is 7.74. The Bertz CT molecular complexity index is 988. The Labute approximate surface area is 172 Å². The van der Waals surface area contributed by atoms with Gasteiger partial charge in [-0.1, -0.05) is 20.8 Å². The van der Waals surface area contributed by atoms with Crippen LogP contribution in [0.25, 0.3) is 5.52 Å². The van der Waals surface area contributed by atoms with Crippen LogP contribution >= 0.6 is 0 Å². The summed E-state index contributed by atoms with van der Waals surface area (Å²) >= 11 is 0. The van der Waals surface area contributed by atoms with Crippen molar-refractivity contribution in [2.45, 2.75) is 45.1 Å². The number of aromatic nitrogens is 5. The number of hydrogen-bond donors (Lipinski definition) is 1. The van der Waals surface area contributed by atoms with Crippen LogP contribution < -0.4 is 15.1 Å². The minimum atomic E-state index is 0.00404. The Kier molecular flexibility index (Phi) is 5.02. The van der Waals surface area contributed by atoms with Crippen molar-refractivity contribution in [1.29, 1.82) is 0 Å². The maximum Gasteiger partial charge on any atom is 0.224 e. The largest absolute Gasteiger partial charge is 0.363 e. The topological polar surface area (TPSA) is 74.5 Å². The van der Waals surface area contributed by atoms with Crippen molar-refractivity contribution >= 4 is 23.1 Å². The van der Waals surface area contributed by atoms with Crippen LogP contribution in [-0.2, 0) is 5.41 Å². The Balaban J connectivity index is 1.56. The lowest BCUT2D eigenvalue weighted by atomic mass is 9.92. The molecule has 1 unspecified atom stereocenters. The molecule has 0 aromatic carbocycles. The van der Waals surface area contributed by atoms with Gasteiger partial charge in [0.1, 0.15) is 11.3 Å². The van der Waals surface area contributed by atoms with Gasteiger partial charge in [0.15, 0.2) is 5.82 Å². The molecule has 1 fully saturated rings. The van der Waals surface area contributed by atoms with E-state index < -0.39 is 0 Å². The molecule has 1 N–H and O–H groups in total. The summed E-state index contributed by atoms with van der Waals surface area (Å²) in [4.78, 5) is 18.0. The molecular weight excluding hydrogens is 364 g/mol. The molecule has 8 nitrogen and oxygen atoms in total. The number of anilines is 3. The first kappa shape index (κ1) is 19.4. The van der Waals surface area contributed by atoms with Gasteiger partial charge in [0.2, 0.25) is 5.95 Å². The summed E-state index contributed by atoms with van der Waals surface area (Å²) in [6, 6.07) is 4.35. The maximum atomic E-state index is 4.76. The smallest absolute Gasteiger partial charge is 0.224 e. The molecule has 154 valence electrons. The maximum absolute atomic E-state index is 4.76. The van der Waals surface area contributed by atoms with E-state index in [2.05, 4.69) is 47.0 Å². The van der Waals surface area contributed by atoms with Crippen LogP contribution in [0, 0.1) is 0 Å². The third kappa shape index (κ3) is 4.11. The molecule has 0 saturated carbocycles. The van der Waals surface area contributed by atoms with Crippen LogP contribution in [-0.4, -0.2) is 57.8 Å². The molecule has 1 atom stereocenters. The average Bonchev–Trinajstić information content (AvgIpc) is 3.13. The van der Waals surface area contributed by atoms with Crippen LogP contribution in [0.1, 0.15) is 39.3 Å². The van der Waals surface area contributed by atoms with Crippen molar-refractivity contribution in [3.8, 4) is 0 Å². The lowest BCUT2D eigenvalue weighted by molar-refractivity contribution is 0.524. The number of nitrogens with zero attached hydrogens (tertiary/aromatic N) is 7. The van der Waals surface area contributed by atoms with Crippen LogP contribution in [0.3, 0.4) is 0 Å². The Morgan fingerprint density at radius 3 is 2.76 bits per heavy atom. The number of nitrogens with one attached hydrogen (secondary N) is 1. The fourth-order valence-electron chi connectivity index (χ4n) is 3.66. The fraction of sp³-hybridized carbons (Fsp3) is 0.524. The molecule has 8 heteroatoms. The van der Waals surface area contributed by atoms with E-state index in [-0.39, 0.29) is 11.5 Å². The van der Waals surface area contributed by atoms with Gasteiger partial charge in [-0.2, -0.15) is 10.1 Å². The first-order valence-corrected chi connectivity index (χ1v) is 10.2. The van der Waals surface area contributed by atoms with Crippen molar-refractivity contribution in [3.05, 3.63) is 36.4 Å². The molecule has 3 aromatic heterocycles. The van der Waals surface area contributed by atoms with Gasteiger partial charge >= 0.3 is 0 Å². The highest BCUT2D eigenvalue weighted by molar-refractivity contribution is 5.69. The highest BCUT2D eigenvalue weighted by atomic mass is 15.3. The van der Waals surface area contributed by atoms with Gasteiger partial charge in [0.05, 0.1) is 5.69 Å². The van der Waals surface area contributed by atoms with Crippen LogP contribution in [0.2, 0.25) is 0 Å². The van der Waals surface area contributed by atoms with E-state index in [1.54, 1.807) is 6.20 Å². The molecule has 0 bridgehead atoms. The number of piperidine rings is 1. The zero-order chi connectivity index (χ0) is 20.6. The zero-order valence-corrected chi connectivity index (χ0v) is 17.9. The van der Waals surface area contributed by atoms with Gasteiger partial charge in [0.25, 0.3) is 0 Å². The van der Waals surface area contributed by atoms with Gasteiger partial charge in [-0.15, -0.1) is 0 Å². The minimum absolute atomic E-state index is 0.00404. The molecule has 0 amide bonds. The van der Waals surface area contributed by atoms with Crippen LogP contribution in [0.15, 0.2) is 30.7 Å². The Morgan fingerprint density at radius 2 is 2.00 bits per heavy atom. The molecule has 1 saturated heterocycles. The number of rotatable bonds is 4. The van der Waals surface area contributed by atoms with E-state index in [9.17, 15) is 0 Å². The predicted octanol–water partition coefficient (Wildman–Crippen LogP) is 2.96. The number of hydrogen-bond acceptors (Lipinski definition) is 7. The van der Waals surface area contributed by atoms with E-state index in [0.717, 1.165) is 48.8 Å². The fourth-order valence-corrected chi connectivity index (χ4v) is 3.66. The minimum Gasteiger partial charge on any atom is -0.363 e. The summed E-state index contributed by atoms with van der Waals surface area (Å²) in [5.41, 5.74) is 2.14. The average molecular weight is 395 g/mol. The molecule has 0 spiro atoms. The lowest BCUT2D eigenvalue weighted by Crippen LogP contribution is -2.43. The normalized spacial score (nSPS) is 17.6.